The second-order valence-electron chi connectivity index (χ2n) is 3.71. The van der Waals surface area contributed by atoms with Gasteiger partial charge in [-0.1, -0.05) is 42.0 Å². The zero-order valence-electron chi connectivity index (χ0n) is 8.03. The van der Waals surface area contributed by atoms with Crippen LogP contribution in [-0.4, -0.2) is 18.0 Å². The van der Waals surface area contributed by atoms with Crippen LogP contribution in [0.3, 0.4) is 0 Å². The van der Waals surface area contributed by atoms with Crippen LogP contribution in [0.5, 0.6) is 0 Å². The van der Waals surface area contributed by atoms with Crippen molar-refractivity contribution >= 4 is 0 Å². The van der Waals surface area contributed by atoms with Crippen molar-refractivity contribution in [1.82, 2.24) is 4.90 Å². The van der Waals surface area contributed by atoms with E-state index in [0.717, 1.165) is 19.6 Å². The molecule has 13 heavy (non-hydrogen) atoms. The lowest BCUT2D eigenvalue weighted by Crippen LogP contribution is -2.19. The maximum Gasteiger partial charge on any atom is 0.0240 e. The van der Waals surface area contributed by atoms with Crippen LogP contribution in [0.25, 0.3) is 0 Å². The number of hydrogen-bond donors (Lipinski definition) is 0. The summed E-state index contributed by atoms with van der Waals surface area (Å²) < 4.78 is 0. The molecule has 0 unspecified atom stereocenters. The summed E-state index contributed by atoms with van der Waals surface area (Å²) in [6.07, 6.45) is 2.31. The molecule has 0 saturated heterocycles. The quantitative estimate of drug-likeness (QED) is 0.621. The van der Waals surface area contributed by atoms with E-state index in [0.29, 0.717) is 0 Å². The highest BCUT2D eigenvalue weighted by Gasteiger charge is 2.10. The van der Waals surface area contributed by atoms with Gasteiger partial charge in [0.1, 0.15) is 0 Å². The Hall–Kier alpha value is -1.08. The predicted octanol–water partition coefficient (Wildman–Crippen LogP) is 2.45. The Labute approximate surface area is 79.7 Å². The minimum atomic E-state index is 1.08. The molecule has 1 nitrogen and oxygen atoms in total. The van der Waals surface area contributed by atoms with Gasteiger partial charge in [-0.3, -0.25) is 4.90 Å². The summed E-state index contributed by atoms with van der Waals surface area (Å²) in [6, 6.07) is 10.6. The van der Waals surface area contributed by atoms with E-state index in [1.54, 1.807) is 0 Å². The fourth-order valence-corrected chi connectivity index (χ4v) is 1.73. The molecule has 1 heterocycles. The van der Waals surface area contributed by atoms with Crippen molar-refractivity contribution in [2.45, 2.75) is 13.5 Å². The highest BCUT2D eigenvalue weighted by Crippen LogP contribution is 2.11. The molecular formula is C12H15N. The Morgan fingerprint density at radius 2 is 2.00 bits per heavy atom. The smallest absolute Gasteiger partial charge is 0.0240 e. The monoisotopic (exact) mass is 173 g/mol. The van der Waals surface area contributed by atoms with Crippen LogP contribution in [-0.2, 0) is 6.54 Å². The van der Waals surface area contributed by atoms with Gasteiger partial charge >= 0.3 is 0 Å². The van der Waals surface area contributed by atoms with Gasteiger partial charge < -0.3 is 0 Å². The topological polar surface area (TPSA) is 3.24 Å². The molecule has 1 aliphatic rings. The third-order valence-corrected chi connectivity index (χ3v) is 2.42. The third kappa shape index (κ3) is 2.19. The van der Waals surface area contributed by atoms with Gasteiger partial charge in [-0.2, -0.15) is 0 Å². The van der Waals surface area contributed by atoms with E-state index in [4.69, 9.17) is 0 Å². The lowest BCUT2D eigenvalue weighted by Gasteiger charge is -2.14. The van der Waals surface area contributed by atoms with Crippen molar-refractivity contribution in [3.8, 4) is 0 Å². The fourth-order valence-electron chi connectivity index (χ4n) is 1.73. The normalized spacial score (nSPS) is 17.5. The second-order valence-corrected chi connectivity index (χ2v) is 3.71. The molecular weight excluding hydrogens is 158 g/mol. The van der Waals surface area contributed by atoms with Crippen molar-refractivity contribution < 1.29 is 0 Å². The number of hydrogen-bond acceptors (Lipinski definition) is 1. The van der Waals surface area contributed by atoms with Crippen LogP contribution in [0.4, 0.5) is 0 Å². The Bertz CT molecular complexity index is 300. The first-order valence-electron chi connectivity index (χ1n) is 4.76. The lowest BCUT2D eigenvalue weighted by atomic mass is 10.2. The summed E-state index contributed by atoms with van der Waals surface area (Å²) >= 11 is 0. The van der Waals surface area contributed by atoms with Crippen LogP contribution in [0.2, 0.25) is 0 Å². The minimum Gasteiger partial charge on any atom is -0.292 e. The maximum absolute atomic E-state index is 2.45. The van der Waals surface area contributed by atoms with E-state index < -0.39 is 0 Å². The van der Waals surface area contributed by atoms with E-state index >= 15 is 0 Å². The molecule has 1 aromatic rings. The third-order valence-electron chi connectivity index (χ3n) is 2.42. The number of benzene rings is 1. The molecule has 0 saturated carbocycles. The van der Waals surface area contributed by atoms with Crippen molar-refractivity contribution in [3.05, 3.63) is 47.5 Å². The maximum atomic E-state index is 2.45. The van der Waals surface area contributed by atoms with Crippen LogP contribution < -0.4 is 0 Å². The molecule has 2 rings (SSSR count). The first-order valence-corrected chi connectivity index (χ1v) is 4.76. The molecule has 0 aromatic heterocycles. The van der Waals surface area contributed by atoms with Crippen LogP contribution in [0.1, 0.15) is 12.5 Å². The molecule has 0 fully saturated rings. The molecule has 0 spiro atoms. The molecule has 68 valence electrons. The van der Waals surface area contributed by atoms with Crippen molar-refractivity contribution in [2.24, 2.45) is 0 Å². The molecule has 1 heteroatoms. The second kappa shape index (κ2) is 3.75. The van der Waals surface area contributed by atoms with Gasteiger partial charge in [0.05, 0.1) is 0 Å². The van der Waals surface area contributed by atoms with Crippen molar-refractivity contribution in [1.29, 1.82) is 0 Å². The molecule has 0 atom stereocenters. The molecule has 0 N–H and O–H groups in total. The Balaban J connectivity index is 1.94. The summed E-state index contributed by atoms with van der Waals surface area (Å²) in [5.41, 5.74) is 2.90. The summed E-state index contributed by atoms with van der Waals surface area (Å²) in [5, 5.41) is 0. The first kappa shape index (κ1) is 8.52. The van der Waals surface area contributed by atoms with E-state index in [1.165, 1.54) is 11.1 Å². The molecule has 0 amide bonds. The van der Waals surface area contributed by atoms with E-state index in [1.807, 2.05) is 0 Å². The van der Waals surface area contributed by atoms with E-state index in [9.17, 15) is 0 Å². The summed E-state index contributed by atoms with van der Waals surface area (Å²) in [5.74, 6) is 0. The SMILES string of the molecule is CC1=CCN(Cc2ccccc2)C1. The standard InChI is InChI=1S/C12H15N/c1-11-7-8-13(9-11)10-12-5-3-2-4-6-12/h2-7H,8-10H2,1H3. The highest BCUT2D eigenvalue weighted by molar-refractivity contribution is 5.16. The largest absolute Gasteiger partial charge is 0.292 e. The Morgan fingerprint density at radius 3 is 2.62 bits per heavy atom. The van der Waals surface area contributed by atoms with Crippen molar-refractivity contribution in [2.75, 3.05) is 13.1 Å². The van der Waals surface area contributed by atoms with Crippen LogP contribution in [0, 0.1) is 0 Å². The van der Waals surface area contributed by atoms with E-state index in [2.05, 4.69) is 48.2 Å². The summed E-state index contributed by atoms with van der Waals surface area (Å²) in [7, 11) is 0. The van der Waals surface area contributed by atoms with Gasteiger partial charge in [0.15, 0.2) is 0 Å². The van der Waals surface area contributed by atoms with Crippen LogP contribution in [0.15, 0.2) is 42.0 Å². The fraction of sp³-hybridized carbons (Fsp3) is 0.333. The zero-order valence-corrected chi connectivity index (χ0v) is 8.03. The van der Waals surface area contributed by atoms with Gasteiger partial charge in [-0.25, -0.2) is 0 Å². The highest BCUT2D eigenvalue weighted by atomic mass is 15.1. The minimum absolute atomic E-state index is 1.08. The predicted molar refractivity (Wildman–Crippen MR) is 55.5 cm³/mol. The van der Waals surface area contributed by atoms with Gasteiger partial charge in [-0.05, 0) is 12.5 Å². The Morgan fingerprint density at radius 1 is 1.23 bits per heavy atom. The molecule has 1 aliphatic heterocycles. The Kier molecular flexibility index (Phi) is 2.46. The molecule has 1 aromatic carbocycles. The lowest BCUT2D eigenvalue weighted by molar-refractivity contribution is 0.341. The molecule has 0 bridgehead atoms. The molecule has 0 radical (unpaired) electrons. The van der Waals surface area contributed by atoms with Gasteiger partial charge in [0.2, 0.25) is 0 Å². The van der Waals surface area contributed by atoms with Gasteiger partial charge in [0.25, 0.3) is 0 Å². The number of nitrogens with zero attached hydrogens (tertiary/aromatic N) is 1. The summed E-state index contributed by atoms with van der Waals surface area (Å²) in [4.78, 5) is 2.45. The molecule has 0 aliphatic carbocycles. The summed E-state index contributed by atoms with van der Waals surface area (Å²) in [6.45, 7) is 5.52. The average molecular weight is 173 g/mol. The van der Waals surface area contributed by atoms with Crippen molar-refractivity contribution in [3.63, 3.8) is 0 Å². The van der Waals surface area contributed by atoms with Crippen LogP contribution >= 0.6 is 0 Å². The average Bonchev–Trinajstić information content (AvgIpc) is 2.53. The zero-order chi connectivity index (χ0) is 9.10. The van der Waals surface area contributed by atoms with Gasteiger partial charge in [0, 0.05) is 19.6 Å². The first-order chi connectivity index (χ1) is 6.34. The number of rotatable bonds is 2. The van der Waals surface area contributed by atoms with Gasteiger partial charge in [-0.15, -0.1) is 0 Å². The van der Waals surface area contributed by atoms with E-state index in [-0.39, 0.29) is 0 Å².